The van der Waals surface area contributed by atoms with Gasteiger partial charge in [0.2, 0.25) is 0 Å². The molecule has 2 unspecified atom stereocenters. The summed E-state index contributed by atoms with van der Waals surface area (Å²) in [6.07, 6.45) is 15.3. The monoisotopic (exact) mass is 352 g/mol. The molecule has 0 N–H and O–H groups in total. The number of hydrogen-bond acceptors (Lipinski definition) is 2. The average Bonchev–Trinajstić information content (AvgIpc) is 2.54. The minimum absolute atomic E-state index is 0.249. The lowest BCUT2D eigenvalue weighted by Crippen LogP contribution is -2.38. The summed E-state index contributed by atoms with van der Waals surface area (Å²) in [4.78, 5) is 12.1. The first-order valence-electron chi connectivity index (χ1n) is 10.8. The molecule has 2 heteroatoms. The Morgan fingerprint density at radius 3 is 1.88 bits per heavy atom. The van der Waals surface area contributed by atoms with Gasteiger partial charge < -0.3 is 4.74 Å². The molecular weight excluding hydrogens is 308 g/mol. The van der Waals surface area contributed by atoms with Gasteiger partial charge in [0.1, 0.15) is 5.60 Å². The van der Waals surface area contributed by atoms with Gasteiger partial charge in [-0.3, -0.25) is 0 Å². The molecule has 0 spiro atoms. The number of unbranched alkanes of at least 4 members (excludes halogenated alkanes) is 4. The molecule has 0 aromatic carbocycles. The topological polar surface area (TPSA) is 26.3 Å². The SMILES string of the molecule is C=CC(=O)OC(CCCCCCC)(CC(C)CCC)CC(C)CCC. The van der Waals surface area contributed by atoms with Crippen molar-refractivity contribution >= 4 is 5.97 Å². The van der Waals surface area contributed by atoms with Crippen LogP contribution in [0, 0.1) is 11.8 Å². The molecule has 0 saturated heterocycles. The Bertz CT molecular complexity index is 334. The molecule has 0 aliphatic rings. The lowest BCUT2D eigenvalue weighted by molar-refractivity contribution is -0.159. The molecule has 0 fully saturated rings. The Balaban J connectivity index is 5.14. The summed E-state index contributed by atoms with van der Waals surface area (Å²) in [7, 11) is 0. The summed E-state index contributed by atoms with van der Waals surface area (Å²) in [5.41, 5.74) is -0.305. The molecule has 2 nitrogen and oxygen atoms in total. The molecule has 25 heavy (non-hydrogen) atoms. The lowest BCUT2D eigenvalue weighted by atomic mass is 9.78. The van der Waals surface area contributed by atoms with Crippen molar-refractivity contribution in [3.8, 4) is 0 Å². The third-order valence-corrected chi connectivity index (χ3v) is 5.22. The Labute approximate surface area is 157 Å². The zero-order chi connectivity index (χ0) is 19.1. The van der Waals surface area contributed by atoms with Crippen molar-refractivity contribution in [1.82, 2.24) is 0 Å². The summed E-state index contributed by atoms with van der Waals surface area (Å²) >= 11 is 0. The second-order valence-electron chi connectivity index (χ2n) is 8.17. The quantitative estimate of drug-likeness (QED) is 0.164. The van der Waals surface area contributed by atoms with Crippen LogP contribution >= 0.6 is 0 Å². The van der Waals surface area contributed by atoms with Crippen molar-refractivity contribution in [2.75, 3.05) is 0 Å². The minimum atomic E-state index is -0.305. The van der Waals surface area contributed by atoms with E-state index in [-0.39, 0.29) is 11.6 Å². The summed E-state index contributed by atoms with van der Waals surface area (Å²) in [6, 6.07) is 0. The van der Waals surface area contributed by atoms with Crippen LogP contribution in [0.5, 0.6) is 0 Å². The van der Waals surface area contributed by atoms with Crippen LogP contribution in [0.3, 0.4) is 0 Å². The smallest absolute Gasteiger partial charge is 0.330 e. The van der Waals surface area contributed by atoms with Crippen LogP contribution in [0.25, 0.3) is 0 Å². The van der Waals surface area contributed by atoms with Gasteiger partial charge in [-0.05, 0) is 37.5 Å². The summed E-state index contributed by atoms with van der Waals surface area (Å²) in [5.74, 6) is 0.931. The zero-order valence-electron chi connectivity index (χ0n) is 17.7. The van der Waals surface area contributed by atoms with Gasteiger partial charge >= 0.3 is 5.97 Å². The minimum Gasteiger partial charge on any atom is -0.456 e. The van der Waals surface area contributed by atoms with E-state index in [9.17, 15) is 4.79 Å². The molecule has 0 radical (unpaired) electrons. The number of carbonyl (C=O) groups excluding carboxylic acids is 1. The first-order chi connectivity index (χ1) is 11.9. The maximum Gasteiger partial charge on any atom is 0.330 e. The van der Waals surface area contributed by atoms with Crippen molar-refractivity contribution < 1.29 is 9.53 Å². The van der Waals surface area contributed by atoms with E-state index in [1.165, 1.54) is 57.4 Å². The van der Waals surface area contributed by atoms with E-state index in [1.54, 1.807) is 0 Å². The molecule has 0 aromatic heterocycles. The Morgan fingerprint density at radius 1 is 0.920 bits per heavy atom. The van der Waals surface area contributed by atoms with Gasteiger partial charge in [0.25, 0.3) is 0 Å². The van der Waals surface area contributed by atoms with Crippen LogP contribution in [0.2, 0.25) is 0 Å². The Kier molecular flexibility index (Phi) is 13.9. The van der Waals surface area contributed by atoms with Crippen LogP contribution in [0.4, 0.5) is 0 Å². The Hall–Kier alpha value is -0.790. The van der Waals surface area contributed by atoms with E-state index in [1.807, 2.05) is 0 Å². The van der Waals surface area contributed by atoms with Gasteiger partial charge in [-0.15, -0.1) is 0 Å². The first-order valence-corrected chi connectivity index (χ1v) is 10.8. The van der Waals surface area contributed by atoms with Gasteiger partial charge in [0.15, 0.2) is 0 Å². The highest BCUT2D eigenvalue weighted by Gasteiger charge is 2.36. The number of carbonyl (C=O) groups is 1. The molecule has 148 valence electrons. The van der Waals surface area contributed by atoms with Crippen LogP contribution < -0.4 is 0 Å². The highest BCUT2D eigenvalue weighted by atomic mass is 16.6. The zero-order valence-corrected chi connectivity index (χ0v) is 17.7. The van der Waals surface area contributed by atoms with Crippen LogP contribution in [-0.4, -0.2) is 11.6 Å². The predicted octanol–water partition coefficient (Wildman–Crippen LogP) is 7.47. The third kappa shape index (κ3) is 11.4. The fourth-order valence-electron chi connectivity index (χ4n) is 4.19. The van der Waals surface area contributed by atoms with E-state index < -0.39 is 0 Å². The lowest BCUT2D eigenvalue weighted by Gasteiger charge is -2.38. The molecule has 2 atom stereocenters. The van der Waals surface area contributed by atoms with Gasteiger partial charge in [-0.2, -0.15) is 0 Å². The van der Waals surface area contributed by atoms with E-state index in [0.29, 0.717) is 11.8 Å². The molecular formula is C23H44O2. The molecule has 0 aliphatic heterocycles. The average molecular weight is 353 g/mol. The summed E-state index contributed by atoms with van der Waals surface area (Å²) < 4.78 is 6.07. The van der Waals surface area contributed by atoms with E-state index >= 15 is 0 Å². The van der Waals surface area contributed by atoms with Crippen molar-refractivity contribution in [3.63, 3.8) is 0 Å². The number of rotatable bonds is 16. The number of esters is 1. The van der Waals surface area contributed by atoms with Crippen LogP contribution in [0.15, 0.2) is 12.7 Å². The second kappa shape index (κ2) is 14.4. The van der Waals surface area contributed by atoms with E-state index in [2.05, 4.69) is 41.2 Å². The molecule has 0 rings (SSSR count). The predicted molar refractivity (Wildman–Crippen MR) is 110 cm³/mol. The first kappa shape index (κ1) is 24.2. The normalized spacial score (nSPS) is 16.0. The van der Waals surface area contributed by atoms with Crippen molar-refractivity contribution in [2.45, 2.75) is 117 Å². The molecule has 0 aliphatic carbocycles. The summed E-state index contributed by atoms with van der Waals surface area (Å²) in [5, 5.41) is 0. The highest BCUT2D eigenvalue weighted by Crippen LogP contribution is 2.36. The molecule has 0 heterocycles. The van der Waals surface area contributed by atoms with Gasteiger partial charge in [-0.1, -0.05) is 92.6 Å². The van der Waals surface area contributed by atoms with Crippen LogP contribution in [-0.2, 0) is 9.53 Å². The highest BCUT2D eigenvalue weighted by molar-refractivity contribution is 5.81. The molecule has 0 amide bonds. The van der Waals surface area contributed by atoms with E-state index in [0.717, 1.165) is 25.7 Å². The third-order valence-electron chi connectivity index (χ3n) is 5.22. The largest absolute Gasteiger partial charge is 0.456 e. The fraction of sp³-hybridized carbons (Fsp3) is 0.870. The molecule has 0 saturated carbocycles. The summed E-state index contributed by atoms with van der Waals surface area (Å²) in [6.45, 7) is 15.0. The standard InChI is InChI=1S/C23H44O2/c1-7-11-12-13-14-17-23(25-22(24)10-4,18-20(5)15-8-2)19-21(6)16-9-3/h10,20-21H,4,7-9,11-19H2,1-3,5-6H3. The molecule has 0 aromatic rings. The number of ether oxygens (including phenoxy) is 1. The second-order valence-corrected chi connectivity index (χ2v) is 8.17. The number of hydrogen-bond donors (Lipinski definition) is 0. The van der Waals surface area contributed by atoms with Crippen molar-refractivity contribution in [1.29, 1.82) is 0 Å². The maximum absolute atomic E-state index is 12.1. The van der Waals surface area contributed by atoms with Crippen LogP contribution in [0.1, 0.15) is 112 Å². The van der Waals surface area contributed by atoms with Crippen molar-refractivity contribution in [2.24, 2.45) is 11.8 Å². The fourth-order valence-corrected chi connectivity index (χ4v) is 4.19. The van der Waals surface area contributed by atoms with Crippen molar-refractivity contribution in [3.05, 3.63) is 12.7 Å². The van der Waals surface area contributed by atoms with Gasteiger partial charge in [0.05, 0.1) is 0 Å². The van der Waals surface area contributed by atoms with E-state index in [4.69, 9.17) is 4.74 Å². The van der Waals surface area contributed by atoms with Gasteiger partial charge in [0, 0.05) is 6.08 Å². The molecule has 0 bridgehead atoms. The Morgan fingerprint density at radius 2 is 1.44 bits per heavy atom. The van der Waals surface area contributed by atoms with Gasteiger partial charge in [-0.25, -0.2) is 4.79 Å². The maximum atomic E-state index is 12.1.